The number of benzene rings is 1. The summed E-state index contributed by atoms with van der Waals surface area (Å²) in [5.74, 6) is -1.81. The van der Waals surface area contributed by atoms with Gasteiger partial charge in [-0.2, -0.15) is 5.26 Å². The molecule has 1 amide bonds. The van der Waals surface area contributed by atoms with E-state index in [2.05, 4.69) is 11.4 Å². The van der Waals surface area contributed by atoms with Gasteiger partial charge in [-0.3, -0.25) is 4.79 Å². The normalized spacial score (nSPS) is 12.8. The molecule has 0 unspecified atom stereocenters. The number of aryl methyl sites for hydroxylation is 2. The monoisotopic (exact) mass is 372 g/mol. The molecule has 0 fully saturated rings. The molecule has 1 aliphatic rings. The van der Waals surface area contributed by atoms with Gasteiger partial charge >= 0.3 is 5.97 Å². The predicted octanol–water partition coefficient (Wildman–Crippen LogP) is 3.74. The van der Waals surface area contributed by atoms with Crippen molar-refractivity contribution in [2.24, 2.45) is 0 Å². The summed E-state index contributed by atoms with van der Waals surface area (Å²) in [6.45, 7) is 1.09. The maximum Gasteiger partial charge on any atom is 0.338 e. The Balaban J connectivity index is 1.63. The molecule has 134 valence electrons. The Labute approximate surface area is 154 Å². The van der Waals surface area contributed by atoms with Crippen LogP contribution in [0.4, 0.5) is 9.39 Å². The van der Waals surface area contributed by atoms with E-state index in [0.717, 1.165) is 42.2 Å². The number of fused-ring (bicyclic) bond motifs is 1. The number of thiophene rings is 1. The lowest BCUT2D eigenvalue weighted by Gasteiger charge is -2.09. The fourth-order valence-electron chi connectivity index (χ4n) is 2.87. The minimum Gasteiger partial charge on any atom is -0.452 e. The first kappa shape index (κ1) is 18.1. The van der Waals surface area contributed by atoms with Gasteiger partial charge in [-0.25, -0.2) is 9.18 Å². The smallest absolute Gasteiger partial charge is 0.338 e. The highest BCUT2D eigenvalue weighted by atomic mass is 32.1. The number of carbonyl (C=O) groups is 2. The number of rotatable bonds is 4. The lowest BCUT2D eigenvalue weighted by Crippen LogP contribution is -2.21. The average molecular weight is 372 g/mol. The van der Waals surface area contributed by atoms with E-state index in [1.54, 1.807) is 6.92 Å². The minimum atomic E-state index is -0.773. The first-order chi connectivity index (χ1) is 12.5. The molecule has 0 radical (unpaired) electrons. The zero-order valence-electron chi connectivity index (χ0n) is 14.2. The van der Waals surface area contributed by atoms with Gasteiger partial charge in [-0.15, -0.1) is 11.3 Å². The molecular formula is C19H17FN2O3S. The Kier molecular flexibility index (Phi) is 5.33. The Bertz CT molecular complexity index is 914. The average Bonchev–Trinajstić information content (AvgIpc) is 2.98. The SMILES string of the molecule is Cc1ccc(C(=O)OCC(=O)Nc2sc3c(c2C#N)CCCC3)cc1F. The summed E-state index contributed by atoms with van der Waals surface area (Å²) in [7, 11) is 0. The third kappa shape index (κ3) is 3.75. The van der Waals surface area contributed by atoms with Crippen molar-refractivity contribution in [3.05, 3.63) is 51.1 Å². The van der Waals surface area contributed by atoms with E-state index < -0.39 is 24.3 Å². The third-order valence-corrected chi connectivity index (χ3v) is 5.49. The van der Waals surface area contributed by atoms with Gasteiger partial charge in [0.2, 0.25) is 0 Å². The summed E-state index contributed by atoms with van der Waals surface area (Å²) in [4.78, 5) is 25.1. The van der Waals surface area contributed by atoms with Crippen molar-refractivity contribution < 1.29 is 18.7 Å². The summed E-state index contributed by atoms with van der Waals surface area (Å²) in [6.07, 6.45) is 3.88. The second-order valence-electron chi connectivity index (χ2n) is 6.12. The van der Waals surface area contributed by atoms with E-state index in [4.69, 9.17) is 4.74 Å². The van der Waals surface area contributed by atoms with Gasteiger partial charge in [0, 0.05) is 4.88 Å². The molecule has 1 aromatic heterocycles. The van der Waals surface area contributed by atoms with E-state index in [-0.39, 0.29) is 5.56 Å². The molecule has 3 rings (SSSR count). The molecule has 0 bridgehead atoms. The van der Waals surface area contributed by atoms with Crippen LogP contribution in [0.5, 0.6) is 0 Å². The van der Waals surface area contributed by atoms with Crippen LogP contribution in [0.2, 0.25) is 0 Å². The summed E-state index contributed by atoms with van der Waals surface area (Å²) >= 11 is 1.40. The van der Waals surface area contributed by atoms with Crippen molar-refractivity contribution in [2.45, 2.75) is 32.6 Å². The van der Waals surface area contributed by atoms with E-state index in [1.807, 2.05) is 0 Å². The number of nitrogens with zero attached hydrogens (tertiary/aromatic N) is 1. The molecule has 0 saturated carbocycles. The van der Waals surface area contributed by atoms with Crippen molar-refractivity contribution in [1.82, 2.24) is 0 Å². The summed E-state index contributed by atoms with van der Waals surface area (Å²) in [5.41, 5.74) is 1.99. The number of hydrogen-bond acceptors (Lipinski definition) is 5. The Morgan fingerprint density at radius 2 is 2.12 bits per heavy atom. The van der Waals surface area contributed by atoms with Crippen molar-refractivity contribution in [1.29, 1.82) is 5.26 Å². The fraction of sp³-hybridized carbons (Fsp3) is 0.316. The molecule has 5 nitrogen and oxygen atoms in total. The Morgan fingerprint density at radius 1 is 1.35 bits per heavy atom. The van der Waals surface area contributed by atoms with E-state index in [9.17, 15) is 19.2 Å². The van der Waals surface area contributed by atoms with Crippen LogP contribution in [0.25, 0.3) is 0 Å². The molecule has 7 heteroatoms. The standard InChI is InChI=1S/C19H17FN2O3S/c1-11-6-7-12(8-15(11)20)19(24)25-10-17(23)22-18-14(9-21)13-4-2-3-5-16(13)26-18/h6-8H,2-5,10H2,1H3,(H,22,23). The highest BCUT2D eigenvalue weighted by Crippen LogP contribution is 2.37. The molecular weight excluding hydrogens is 355 g/mol. The molecule has 1 N–H and O–H groups in total. The number of ether oxygens (including phenoxy) is 1. The highest BCUT2D eigenvalue weighted by molar-refractivity contribution is 7.16. The number of amides is 1. The van der Waals surface area contributed by atoms with Gasteiger partial charge < -0.3 is 10.1 Å². The second kappa shape index (κ2) is 7.67. The van der Waals surface area contributed by atoms with Gasteiger partial charge in [0.1, 0.15) is 16.9 Å². The summed E-state index contributed by atoms with van der Waals surface area (Å²) < 4.78 is 18.4. The second-order valence-corrected chi connectivity index (χ2v) is 7.22. The van der Waals surface area contributed by atoms with E-state index in [0.29, 0.717) is 16.1 Å². The minimum absolute atomic E-state index is 0.0465. The quantitative estimate of drug-likeness (QED) is 0.829. The number of carbonyl (C=O) groups excluding carboxylic acids is 2. The molecule has 2 aromatic rings. The number of nitriles is 1. The van der Waals surface area contributed by atoms with Crippen LogP contribution >= 0.6 is 11.3 Å². The number of esters is 1. The van der Waals surface area contributed by atoms with Gasteiger partial charge in [-0.05, 0) is 55.9 Å². The molecule has 26 heavy (non-hydrogen) atoms. The molecule has 1 aromatic carbocycles. The molecule has 0 spiro atoms. The number of halogens is 1. The molecule has 0 saturated heterocycles. The fourth-order valence-corrected chi connectivity index (χ4v) is 4.13. The molecule has 0 atom stereocenters. The topological polar surface area (TPSA) is 79.2 Å². The zero-order valence-corrected chi connectivity index (χ0v) is 15.0. The van der Waals surface area contributed by atoms with E-state index >= 15 is 0 Å². The van der Waals surface area contributed by atoms with Crippen LogP contribution < -0.4 is 5.32 Å². The summed E-state index contributed by atoms with van der Waals surface area (Å²) in [5, 5.41) is 12.5. The van der Waals surface area contributed by atoms with Gasteiger partial charge in [0.25, 0.3) is 5.91 Å². The number of nitrogens with one attached hydrogen (secondary N) is 1. The number of hydrogen-bond donors (Lipinski definition) is 1. The van der Waals surface area contributed by atoms with Gasteiger partial charge in [-0.1, -0.05) is 6.07 Å². The molecule has 0 aliphatic heterocycles. The van der Waals surface area contributed by atoms with Crippen molar-refractivity contribution in [3.8, 4) is 6.07 Å². The van der Waals surface area contributed by atoms with Gasteiger partial charge in [0.15, 0.2) is 6.61 Å². The molecule has 1 aliphatic carbocycles. The first-order valence-corrected chi connectivity index (χ1v) is 9.09. The zero-order chi connectivity index (χ0) is 18.7. The van der Waals surface area contributed by atoms with Crippen molar-refractivity contribution >= 4 is 28.2 Å². The maximum atomic E-state index is 13.5. The lowest BCUT2D eigenvalue weighted by atomic mass is 9.96. The number of anilines is 1. The Hall–Kier alpha value is -2.72. The van der Waals surface area contributed by atoms with Crippen LogP contribution in [0.15, 0.2) is 18.2 Å². The maximum absolute atomic E-state index is 13.5. The van der Waals surface area contributed by atoms with Crippen LogP contribution in [-0.2, 0) is 22.4 Å². The van der Waals surface area contributed by atoms with Crippen LogP contribution in [0, 0.1) is 24.1 Å². The van der Waals surface area contributed by atoms with Crippen LogP contribution in [-0.4, -0.2) is 18.5 Å². The summed E-state index contributed by atoms with van der Waals surface area (Å²) in [6, 6.07) is 6.16. The van der Waals surface area contributed by atoms with Gasteiger partial charge in [0.05, 0.1) is 11.1 Å². The first-order valence-electron chi connectivity index (χ1n) is 8.27. The van der Waals surface area contributed by atoms with Crippen LogP contribution in [0.3, 0.4) is 0 Å². The van der Waals surface area contributed by atoms with Crippen LogP contribution in [0.1, 0.15) is 44.8 Å². The lowest BCUT2D eigenvalue weighted by molar-refractivity contribution is -0.119. The van der Waals surface area contributed by atoms with E-state index in [1.165, 1.54) is 23.5 Å². The molecule has 1 heterocycles. The highest BCUT2D eigenvalue weighted by Gasteiger charge is 2.22. The van der Waals surface area contributed by atoms with Crippen molar-refractivity contribution in [2.75, 3.05) is 11.9 Å². The predicted molar refractivity (Wildman–Crippen MR) is 95.7 cm³/mol. The largest absolute Gasteiger partial charge is 0.452 e. The third-order valence-electron chi connectivity index (χ3n) is 4.28. The Morgan fingerprint density at radius 3 is 2.85 bits per heavy atom. The van der Waals surface area contributed by atoms with Crippen molar-refractivity contribution in [3.63, 3.8) is 0 Å².